The third kappa shape index (κ3) is 6.26. The lowest BCUT2D eigenvalue weighted by atomic mass is 9.47. The number of rotatable bonds is 9. The molecule has 0 aromatic carbocycles. The number of piperidine rings is 1. The highest BCUT2D eigenvalue weighted by atomic mass is 16.5. The summed E-state index contributed by atoms with van der Waals surface area (Å²) < 4.78 is 6.13. The molecule has 1 aliphatic heterocycles. The van der Waals surface area contributed by atoms with Crippen molar-refractivity contribution in [2.24, 2.45) is 58.2 Å². The molecule has 5 aliphatic rings. The first kappa shape index (κ1) is 30.6. The normalized spacial score (nSPS) is 42.5. The third-order valence-electron chi connectivity index (χ3n) is 13.1. The Hall–Kier alpha value is -0.830. The fourth-order valence-electron chi connectivity index (χ4n) is 11.2. The Morgan fingerprint density at radius 1 is 1.00 bits per heavy atom. The highest BCUT2D eigenvalue weighted by molar-refractivity contribution is 5.69. The summed E-state index contributed by atoms with van der Waals surface area (Å²) in [6.07, 6.45) is 19.1. The Balaban J connectivity index is 1.16. The maximum absolute atomic E-state index is 12.9. The summed E-state index contributed by atoms with van der Waals surface area (Å²) in [6.45, 7) is 20.4. The van der Waals surface area contributed by atoms with Crippen molar-refractivity contribution in [2.45, 2.75) is 138 Å². The molecule has 0 aromatic rings. The van der Waals surface area contributed by atoms with E-state index in [0.29, 0.717) is 17.3 Å². The highest BCUT2D eigenvalue weighted by Gasteiger charge is 2.59. The zero-order valence-electron chi connectivity index (χ0n) is 27.4. The number of fused-ring (bicyclic) bond motifs is 5. The lowest BCUT2D eigenvalue weighted by Gasteiger charge is -2.58. The summed E-state index contributed by atoms with van der Waals surface area (Å²) in [5, 5.41) is 0. The molecule has 10 atom stereocenters. The van der Waals surface area contributed by atoms with Gasteiger partial charge in [0, 0.05) is 26.1 Å². The van der Waals surface area contributed by atoms with E-state index in [1.165, 1.54) is 64.2 Å². The molecule has 5 rings (SSSR count). The van der Waals surface area contributed by atoms with Gasteiger partial charge in [-0.2, -0.15) is 0 Å². The Bertz CT molecular complexity index is 900. The van der Waals surface area contributed by atoms with Gasteiger partial charge in [0.05, 0.1) is 6.42 Å². The number of allylic oxidation sites excluding steroid dienone is 1. The fourth-order valence-corrected chi connectivity index (χ4v) is 11.2. The van der Waals surface area contributed by atoms with Gasteiger partial charge < -0.3 is 9.64 Å². The second-order valence-electron chi connectivity index (χ2n) is 16.6. The van der Waals surface area contributed by atoms with E-state index >= 15 is 0 Å². The SMILES string of the molecule is CC(C)CCC[C@@H](C)[C@H]1CC[C@H]2[C@@H]3CC=C4C[C@@H](OC(=O)CCN5C[C@@H](C)C[C@H](C)C5)CC[C@]4(C)[C@H]3CC[C@]12C. The summed E-state index contributed by atoms with van der Waals surface area (Å²) in [4.78, 5) is 15.3. The first-order valence-corrected chi connectivity index (χ1v) is 17.6. The van der Waals surface area contributed by atoms with Crippen LogP contribution in [0.4, 0.5) is 0 Å². The van der Waals surface area contributed by atoms with E-state index in [1.807, 2.05) is 0 Å². The summed E-state index contributed by atoms with van der Waals surface area (Å²) >= 11 is 0. The van der Waals surface area contributed by atoms with Gasteiger partial charge in [-0.05, 0) is 110 Å². The molecule has 0 amide bonds. The average Bonchev–Trinajstić information content (AvgIpc) is 3.24. The zero-order chi connectivity index (χ0) is 28.7. The molecular formula is C37H63NO2. The van der Waals surface area contributed by atoms with Crippen molar-refractivity contribution in [3.8, 4) is 0 Å². The number of carbonyl (C=O) groups is 1. The van der Waals surface area contributed by atoms with Crippen LogP contribution in [0.3, 0.4) is 0 Å². The molecule has 3 nitrogen and oxygen atoms in total. The van der Waals surface area contributed by atoms with Crippen LogP contribution >= 0.6 is 0 Å². The number of hydrogen-bond acceptors (Lipinski definition) is 3. The number of likely N-dealkylation sites (tertiary alicyclic amines) is 1. The third-order valence-corrected chi connectivity index (χ3v) is 13.1. The van der Waals surface area contributed by atoms with Crippen molar-refractivity contribution in [1.82, 2.24) is 4.90 Å². The average molecular weight is 554 g/mol. The van der Waals surface area contributed by atoms with Crippen molar-refractivity contribution in [2.75, 3.05) is 19.6 Å². The first-order chi connectivity index (χ1) is 19.0. The monoisotopic (exact) mass is 553 g/mol. The van der Waals surface area contributed by atoms with Gasteiger partial charge in [0.15, 0.2) is 0 Å². The van der Waals surface area contributed by atoms with Gasteiger partial charge in [-0.1, -0.05) is 79.4 Å². The van der Waals surface area contributed by atoms with Crippen LogP contribution in [-0.2, 0) is 9.53 Å². The number of ether oxygens (including phenoxy) is 1. The molecule has 0 N–H and O–H groups in total. The second-order valence-corrected chi connectivity index (χ2v) is 16.6. The standard InChI is InChI=1S/C37H63NO2/c1-25(2)9-8-10-28(5)32-13-14-33-31-12-11-29-22-30(15-18-36(29,6)34(31)16-19-37(32,33)7)40-35(39)17-20-38-23-26(3)21-27(4)24-38/h11,25-28,30-34H,8-10,12-24H2,1-7H3/t26-,27-,28+,30-,31-,32+,33-,34-,36-,37+/m0/s1. The molecule has 3 saturated carbocycles. The maximum atomic E-state index is 12.9. The van der Waals surface area contributed by atoms with Crippen molar-refractivity contribution >= 4 is 5.97 Å². The van der Waals surface area contributed by atoms with Gasteiger partial charge >= 0.3 is 5.97 Å². The molecule has 1 saturated heterocycles. The molecule has 0 spiro atoms. The molecule has 228 valence electrons. The second kappa shape index (κ2) is 12.4. The number of carbonyl (C=O) groups excluding carboxylic acids is 1. The van der Waals surface area contributed by atoms with Crippen LogP contribution < -0.4 is 0 Å². The van der Waals surface area contributed by atoms with Crippen molar-refractivity contribution in [1.29, 1.82) is 0 Å². The smallest absolute Gasteiger partial charge is 0.307 e. The van der Waals surface area contributed by atoms with E-state index in [4.69, 9.17) is 4.74 Å². The van der Waals surface area contributed by atoms with Gasteiger partial charge in [0.1, 0.15) is 6.10 Å². The molecule has 1 heterocycles. The predicted octanol–water partition coefficient (Wildman–Crippen LogP) is 9.31. The molecule has 40 heavy (non-hydrogen) atoms. The summed E-state index contributed by atoms with van der Waals surface area (Å²) in [5.74, 6) is 6.76. The van der Waals surface area contributed by atoms with E-state index in [-0.39, 0.29) is 12.1 Å². The number of esters is 1. The van der Waals surface area contributed by atoms with Crippen LogP contribution in [0, 0.1) is 58.2 Å². The Labute approximate surface area is 247 Å². The molecule has 0 unspecified atom stereocenters. The van der Waals surface area contributed by atoms with E-state index < -0.39 is 0 Å². The van der Waals surface area contributed by atoms with Gasteiger partial charge in [-0.3, -0.25) is 4.79 Å². The molecule has 0 bridgehead atoms. The predicted molar refractivity (Wildman–Crippen MR) is 167 cm³/mol. The quantitative estimate of drug-likeness (QED) is 0.210. The van der Waals surface area contributed by atoms with Gasteiger partial charge in [-0.15, -0.1) is 0 Å². The largest absolute Gasteiger partial charge is 0.462 e. The number of nitrogens with zero attached hydrogens (tertiary/aromatic N) is 1. The van der Waals surface area contributed by atoms with Crippen molar-refractivity contribution in [3.63, 3.8) is 0 Å². The zero-order valence-corrected chi connectivity index (χ0v) is 27.4. The van der Waals surface area contributed by atoms with E-state index in [2.05, 4.69) is 59.4 Å². The Kier molecular flexibility index (Phi) is 9.51. The summed E-state index contributed by atoms with van der Waals surface area (Å²) in [5.41, 5.74) is 2.52. The minimum atomic E-state index is 0.0294. The van der Waals surface area contributed by atoms with Crippen LogP contribution in [0.25, 0.3) is 0 Å². The molecule has 4 aliphatic carbocycles. The molecule has 0 aromatic heterocycles. The topological polar surface area (TPSA) is 29.5 Å². The van der Waals surface area contributed by atoms with Crippen LogP contribution in [0.1, 0.15) is 132 Å². The van der Waals surface area contributed by atoms with Gasteiger partial charge in [0.25, 0.3) is 0 Å². The van der Waals surface area contributed by atoms with Crippen LogP contribution in [0.2, 0.25) is 0 Å². The van der Waals surface area contributed by atoms with Gasteiger partial charge in [0.2, 0.25) is 0 Å². The van der Waals surface area contributed by atoms with E-state index in [9.17, 15) is 4.79 Å². The molecular weight excluding hydrogens is 490 g/mol. The summed E-state index contributed by atoms with van der Waals surface area (Å²) in [7, 11) is 0. The Morgan fingerprint density at radius 3 is 2.48 bits per heavy atom. The minimum Gasteiger partial charge on any atom is -0.462 e. The fraction of sp³-hybridized carbons (Fsp3) is 0.919. The lowest BCUT2D eigenvalue weighted by Crippen LogP contribution is -2.51. The van der Waals surface area contributed by atoms with E-state index in [0.717, 1.165) is 79.8 Å². The maximum Gasteiger partial charge on any atom is 0.307 e. The first-order valence-electron chi connectivity index (χ1n) is 17.6. The van der Waals surface area contributed by atoms with E-state index in [1.54, 1.807) is 5.57 Å². The highest BCUT2D eigenvalue weighted by Crippen LogP contribution is 2.67. The lowest BCUT2D eigenvalue weighted by molar-refractivity contribution is -0.152. The van der Waals surface area contributed by atoms with Crippen molar-refractivity contribution < 1.29 is 9.53 Å². The Morgan fingerprint density at radius 2 is 1.75 bits per heavy atom. The van der Waals surface area contributed by atoms with Crippen molar-refractivity contribution in [3.05, 3.63) is 11.6 Å². The summed E-state index contributed by atoms with van der Waals surface area (Å²) in [6, 6.07) is 0. The molecule has 0 radical (unpaired) electrons. The van der Waals surface area contributed by atoms with Crippen LogP contribution in [0.15, 0.2) is 11.6 Å². The van der Waals surface area contributed by atoms with Crippen LogP contribution in [0.5, 0.6) is 0 Å². The molecule has 3 heteroatoms. The minimum absolute atomic E-state index is 0.0294. The van der Waals surface area contributed by atoms with Gasteiger partial charge in [-0.25, -0.2) is 0 Å². The van der Waals surface area contributed by atoms with Crippen LogP contribution in [-0.4, -0.2) is 36.6 Å². The number of hydrogen-bond donors (Lipinski definition) is 0. The molecule has 4 fully saturated rings.